The van der Waals surface area contributed by atoms with Gasteiger partial charge in [0.1, 0.15) is 11.3 Å². The minimum atomic E-state index is -0.629. The van der Waals surface area contributed by atoms with E-state index >= 15 is 0 Å². The molecule has 0 aliphatic heterocycles. The van der Waals surface area contributed by atoms with Gasteiger partial charge in [0.05, 0.1) is 6.10 Å². The van der Waals surface area contributed by atoms with Crippen LogP contribution in [0.4, 0.5) is 5.69 Å². The number of nitrogens with one attached hydrogen (secondary N) is 1. The van der Waals surface area contributed by atoms with Crippen LogP contribution < -0.4 is 10.1 Å². The van der Waals surface area contributed by atoms with E-state index in [-0.39, 0.29) is 12.5 Å². The van der Waals surface area contributed by atoms with E-state index in [0.717, 1.165) is 15.6 Å². The first kappa shape index (κ1) is 22.0. The predicted molar refractivity (Wildman–Crippen MR) is 128 cm³/mol. The quantitative estimate of drug-likeness (QED) is 0.327. The van der Waals surface area contributed by atoms with Gasteiger partial charge in [-0.3, -0.25) is 4.79 Å². The van der Waals surface area contributed by atoms with E-state index in [1.807, 2.05) is 62.4 Å². The lowest BCUT2D eigenvalue weighted by Crippen LogP contribution is -2.20. The Balaban J connectivity index is 1.47. The minimum absolute atomic E-state index is 0.0743. The number of aryl methyl sites for hydroxylation is 1. The van der Waals surface area contributed by atoms with Crippen molar-refractivity contribution in [2.75, 3.05) is 11.9 Å². The van der Waals surface area contributed by atoms with Crippen molar-refractivity contribution < 1.29 is 19.1 Å². The van der Waals surface area contributed by atoms with E-state index in [1.165, 1.54) is 0 Å². The maximum atomic E-state index is 12.2. The van der Waals surface area contributed by atoms with Crippen LogP contribution in [-0.4, -0.2) is 22.6 Å². The van der Waals surface area contributed by atoms with Crippen LogP contribution in [0, 0.1) is 6.92 Å². The predicted octanol–water partition coefficient (Wildman–Crippen LogP) is 6.03. The fourth-order valence-corrected chi connectivity index (χ4v) is 3.83. The smallest absolute Gasteiger partial charge is 0.262 e. The van der Waals surface area contributed by atoms with Crippen LogP contribution in [0.25, 0.3) is 22.6 Å². The molecular weight excluding hydrogens is 472 g/mol. The van der Waals surface area contributed by atoms with Gasteiger partial charge in [0.15, 0.2) is 12.2 Å². The maximum Gasteiger partial charge on any atom is 0.262 e. The average molecular weight is 495 g/mol. The van der Waals surface area contributed by atoms with Gasteiger partial charge in [0.2, 0.25) is 5.89 Å². The van der Waals surface area contributed by atoms with Crippen LogP contribution in [0.2, 0.25) is 0 Å². The number of rotatable bonds is 7. The average Bonchev–Trinajstić information content (AvgIpc) is 3.22. The molecule has 0 fully saturated rings. The summed E-state index contributed by atoms with van der Waals surface area (Å²) in [6, 6.07) is 18.5. The molecule has 6 nitrogen and oxygen atoms in total. The number of carbonyl (C=O) groups excluding carboxylic acids is 1. The number of ether oxygens (including phenoxy) is 1. The Morgan fingerprint density at radius 3 is 2.66 bits per heavy atom. The molecule has 7 heteroatoms. The van der Waals surface area contributed by atoms with E-state index in [4.69, 9.17) is 9.15 Å². The zero-order valence-corrected chi connectivity index (χ0v) is 19.3. The molecule has 1 heterocycles. The number of aliphatic hydroxyl groups is 1. The van der Waals surface area contributed by atoms with Gasteiger partial charge in [-0.2, -0.15) is 0 Å². The molecule has 4 aromatic rings. The third-order valence-corrected chi connectivity index (χ3v) is 5.56. The summed E-state index contributed by atoms with van der Waals surface area (Å²) < 4.78 is 12.4. The number of carbonyl (C=O) groups is 1. The minimum Gasteiger partial charge on any atom is -0.483 e. The Morgan fingerprint density at radius 1 is 1.19 bits per heavy atom. The Kier molecular flexibility index (Phi) is 6.58. The second-order valence-corrected chi connectivity index (χ2v) is 8.38. The van der Waals surface area contributed by atoms with Crippen molar-refractivity contribution in [2.24, 2.45) is 0 Å². The van der Waals surface area contributed by atoms with E-state index < -0.39 is 6.10 Å². The molecule has 1 atom stereocenters. The van der Waals surface area contributed by atoms with Gasteiger partial charge in [-0.05, 0) is 61.4 Å². The number of aliphatic hydroxyl groups excluding tert-OH is 1. The van der Waals surface area contributed by atoms with Gasteiger partial charge < -0.3 is 19.6 Å². The van der Waals surface area contributed by atoms with Crippen molar-refractivity contribution in [1.29, 1.82) is 0 Å². The van der Waals surface area contributed by atoms with Gasteiger partial charge >= 0.3 is 0 Å². The third kappa shape index (κ3) is 4.84. The third-order valence-electron chi connectivity index (χ3n) is 5.10. The van der Waals surface area contributed by atoms with Crippen LogP contribution in [0.15, 0.2) is 69.6 Å². The van der Waals surface area contributed by atoms with Gasteiger partial charge in [-0.15, -0.1) is 0 Å². The zero-order chi connectivity index (χ0) is 22.7. The molecule has 0 saturated heterocycles. The molecule has 0 radical (unpaired) electrons. The largest absolute Gasteiger partial charge is 0.483 e. The van der Waals surface area contributed by atoms with Crippen molar-refractivity contribution in [3.05, 3.63) is 76.3 Å². The summed E-state index contributed by atoms with van der Waals surface area (Å²) in [4.78, 5) is 16.8. The summed E-state index contributed by atoms with van der Waals surface area (Å²) in [5, 5.41) is 13.1. The summed E-state index contributed by atoms with van der Waals surface area (Å²) in [5.41, 5.74) is 4.33. The number of anilines is 1. The topological polar surface area (TPSA) is 84.6 Å². The molecule has 32 heavy (non-hydrogen) atoms. The molecule has 0 spiro atoms. The van der Waals surface area contributed by atoms with Crippen molar-refractivity contribution in [1.82, 2.24) is 4.98 Å². The molecule has 0 bridgehead atoms. The monoisotopic (exact) mass is 494 g/mol. The first-order valence-corrected chi connectivity index (χ1v) is 11.1. The standard InChI is InChI=1S/C25H23BrN2O4/c1-3-21(29)19-12-17(26)13-20-24(19)32-25(28-20)16-8-10-18(11-9-16)27-23(30)14-31-22-7-5-4-6-15(22)2/h4-13,21,29H,3,14H2,1-2H3,(H,27,30). The lowest BCUT2D eigenvalue weighted by molar-refractivity contribution is -0.118. The lowest BCUT2D eigenvalue weighted by Gasteiger charge is -2.09. The maximum absolute atomic E-state index is 12.2. The fraction of sp³-hybridized carbons (Fsp3) is 0.200. The Morgan fingerprint density at radius 2 is 1.94 bits per heavy atom. The zero-order valence-electron chi connectivity index (χ0n) is 17.8. The van der Waals surface area contributed by atoms with Gasteiger partial charge in [-0.25, -0.2) is 4.98 Å². The summed E-state index contributed by atoms with van der Waals surface area (Å²) >= 11 is 3.47. The normalized spacial score (nSPS) is 12.0. The summed E-state index contributed by atoms with van der Waals surface area (Å²) in [6.45, 7) is 3.77. The van der Waals surface area contributed by atoms with Crippen LogP contribution in [0.3, 0.4) is 0 Å². The second kappa shape index (κ2) is 9.54. The SMILES string of the molecule is CCC(O)c1cc(Br)cc2nc(-c3ccc(NC(=O)COc4ccccc4C)cc3)oc12. The first-order chi connectivity index (χ1) is 15.4. The number of oxazole rings is 1. The molecule has 3 aromatic carbocycles. The number of hydrogen-bond acceptors (Lipinski definition) is 5. The number of aromatic nitrogens is 1. The summed E-state index contributed by atoms with van der Waals surface area (Å²) in [5.74, 6) is 0.891. The molecule has 0 saturated carbocycles. The molecule has 0 aliphatic rings. The van der Waals surface area contributed by atoms with Crippen LogP contribution in [0.1, 0.15) is 30.6 Å². The Labute approximate surface area is 194 Å². The summed E-state index contributed by atoms with van der Waals surface area (Å²) in [7, 11) is 0. The van der Waals surface area contributed by atoms with Crippen molar-refractivity contribution >= 4 is 38.6 Å². The molecule has 1 unspecified atom stereocenters. The number of hydrogen-bond donors (Lipinski definition) is 2. The van der Waals surface area contributed by atoms with Crippen LogP contribution >= 0.6 is 15.9 Å². The Bertz CT molecular complexity index is 1250. The number of amides is 1. The van der Waals surface area contributed by atoms with E-state index in [0.29, 0.717) is 40.4 Å². The summed E-state index contributed by atoms with van der Waals surface area (Å²) in [6.07, 6.45) is -0.0564. The number of nitrogens with zero attached hydrogens (tertiary/aromatic N) is 1. The van der Waals surface area contributed by atoms with Gasteiger partial charge in [0, 0.05) is 21.3 Å². The highest BCUT2D eigenvalue weighted by molar-refractivity contribution is 9.10. The highest BCUT2D eigenvalue weighted by atomic mass is 79.9. The molecule has 1 amide bonds. The van der Waals surface area contributed by atoms with E-state index in [2.05, 4.69) is 26.2 Å². The molecular formula is C25H23BrN2O4. The Hall–Kier alpha value is -3.16. The fourth-order valence-electron chi connectivity index (χ4n) is 3.37. The highest BCUT2D eigenvalue weighted by Crippen LogP contribution is 2.33. The highest BCUT2D eigenvalue weighted by Gasteiger charge is 2.17. The molecule has 0 aliphatic carbocycles. The van der Waals surface area contributed by atoms with Gasteiger partial charge in [0.25, 0.3) is 5.91 Å². The van der Waals surface area contributed by atoms with E-state index in [1.54, 1.807) is 12.1 Å². The lowest BCUT2D eigenvalue weighted by atomic mass is 10.1. The van der Waals surface area contributed by atoms with Crippen molar-refractivity contribution in [3.8, 4) is 17.2 Å². The van der Waals surface area contributed by atoms with Crippen molar-refractivity contribution in [3.63, 3.8) is 0 Å². The molecule has 1 aromatic heterocycles. The number of para-hydroxylation sites is 1. The molecule has 2 N–H and O–H groups in total. The van der Waals surface area contributed by atoms with E-state index in [9.17, 15) is 9.90 Å². The number of halogens is 1. The number of benzene rings is 3. The number of fused-ring (bicyclic) bond motifs is 1. The second-order valence-electron chi connectivity index (χ2n) is 7.47. The van der Waals surface area contributed by atoms with Crippen molar-refractivity contribution in [2.45, 2.75) is 26.4 Å². The van der Waals surface area contributed by atoms with Gasteiger partial charge in [-0.1, -0.05) is 41.1 Å². The molecule has 4 rings (SSSR count). The molecule has 164 valence electrons. The first-order valence-electron chi connectivity index (χ1n) is 10.3. The van der Waals surface area contributed by atoms with Crippen LogP contribution in [0.5, 0.6) is 5.75 Å². The van der Waals surface area contributed by atoms with Crippen LogP contribution in [-0.2, 0) is 4.79 Å².